The lowest BCUT2D eigenvalue weighted by Gasteiger charge is -2.12. The lowest BCUT2D eigenvalue weighted by Crippen LogP contribution is -2.37. The van der Waals surface area contributed by atoms with Crippen molar-refractivity contribution in [1.82, 2.24) is 21.1 Å². The van der Waals surface area contributed by atoms with Gasteiger partial charge in [0, 0.05) is 31.1 Å². The van der Waals surface area contributed by atoms with Crippen LogP contribution in [0, 0.1) is 0 Å². The highest BCUT2D eigenvalue weighted by Crippen LogP contribution is 2.19. The summed E-state index contributed by atoms with van der Waals surface area (Å²) < 4.78 is 11.1. The van der Waals surface area contributed by atoms with Crippen LogP contribution in [0.3, 0.4) is 0 Å². The van der Waals surface area contributed by atoms with Crippen LogP contribution in [0.5, 0.6) is 5.75 Å². The van der Waals surface area contributed by atoms with Crippen molar-refractivity contribution in [2.45, 2.75) is 65.6 Å². The molecule has 0 radical (unpaired) electrons. The molecule has 0 bridgehead atoms. The van der Waals surface area contributed by atoms with Crippen molar-refractivity contribution in [3.05, 3.63) is 46.8 Å². The van der Waals surface area contributed by atoms with Crippen molar-refractivity contribution < 1.29 is 14.1 Å². The van der Waals surface area contributed by atoms with Gasteiger partial charge in [0.1, 0.15) is 11.5 Å². The number of aromatic nitrogens is 1. The number of hydrogen-bond acceptors (Lipinski definition) is 5. The lowest BCUT2D eigenvalue weighted by molar-refractivity contribution is -0.123. The number of carbonyl (C=O) groups excluding carboxylic acids is 1. The predicted octanol–water partition coefficient (Wildman–Crippen LogP) is 2.71. The second-order valence-corrected chi connectivity index (χ2v) is 7.56. The Hall–Kier alpha value is -3.03. The Morgan fingerprint density at radius 2 is 2.06 bits per heavy atom. The Kier molecular flexibility index (Phi) is 8.32. The molecule has 31 heavy (non-hydrogen) atoms. The van der Waals surface area contributed by atoms with Crippen LogP contribution < -0.4 is 20.7 Å². The molecule has 1 amide bonds. The molecule has 3 rings (SSSR count). The molecule has 3 N–H and O–H groups in total. The van der Waals surface area contributed by atoms with E-state index in [0.717, 1.165) is 60.8 Å². The zero-order valence-corrected chi connectivity index (χ0v) is 18.7. The fourth-order valence-corrected chi connectivity index (χ4v) is 3.20. The van der Waals surface area contributed by atoms with E-state index in [0.29, 0.717) is 24.9 Å². The summed E-state index contributed by atoms with van der Waals surface area (Å²) in [6.45, 7) is 8.07. The van der Waals surface area contributed by atoms with Gasteiger partial charge in [-0.2, -0.15) is 0 Å². The van der Waals surface area contributed by atoms with Crippen molar-refractivity contribution >= 4 is 11.9 Å². The van der Waals surface area contributed by atoms with Gasteiger partial charge in [-0.3, -0.25) is 4.79 Å². The molecule has 0 unspecified atom stereocenters. The van der Waals surface area contributed by atoms with Gasteiger partial charge in [0.2, 0.25) is 0 Å². The zero-order valence-electron chi connectivity index (χ0n) is 18.7. The van der Waals surface area contributed by atoms with E-state index in [4.69, 9.17) is 9.26 Å². The Labute approximate surface area is 183 Å². The Bertz CT molecular complexity index is 868. The van der Waals surface area contributed by atoms with Crippen LogP contribution in [0.2, 0.25) is 0 Å². The van der Waals surface area contributed by atoms with Crippen LogP contribution in [0.15, 0.2) is 33.8 Å². The number of benzene rings is 1. The number of nitrogens with one attached hydrogen (secondary N) is 3. The number of hydrogen-bond donors (Lipinski definition) is 3. The van der Waals surface area contributed by atoms with Gasteiger partial charge in [0.05, 0.1) is 12.2 Å². The van der Waals surface area contributed by atoms with E-state index in [1.54, 1.807) is 0 Å². The molecule has 1 heterocycles. The maximum Gasteiger partial charge on any atom is 0.258 e. The van der Waals surface area contributed by atoms with Gasteiger partial charge in [0.15, 0.2) is 12.6 Å². The highest BCUT2D eigenvalue weighted by Gasteiger charge is 2.23. The summed E-state index contributed by atoms with van der Waals surface area (Å²) in [6, 6.07) is 8.02. The third kappa shape index (κ3) is 7.01. The van der Waals surface area contributed by atoms with Crippen LogP contribution in [0.25, 0.3) is 0 Å². The lowest BCUT2D eigenvalue weighted by atomic mass is 10.1. The third-order valence-corrected chi connectivity index (χ3v) is 5.01. The number of guanidine groups is 1. The van der Waals surface area contributed by atoms with E-state index in [-0.39, 0.29) is 12.5 Å². The van der Waals surface area contributed by atoms with Gasteiger partial charge in [-0.1, -0.05) is 31.1 Å². The summed E-state index contributed by atoms with van der Waals surface area (Å²) >= 11 is 0. The van der Waals surface area contributed by atoms with Gasteiger partial charge in [0.25, 0.3) is 5.91 Å². The van der Waals surface area contributed by atoms with E-state index in [1.165, 1.54) is 0 Å². The number of ether oxygens (including phenoxy) is 1. The van der Waals surface area contributed by atoms with Crippen LogP contribution in [-0.2, 0) is 30.7 Å². The topological polar surface area (TPSA) is 101 Å². The molecule has 1 aliphatic rings. The fourth-order valence-electron chi connectivity index (χ4n) is 3.20. The molecule has 1 fully saturated rings. The SMILES string of the molecule is CCNC(=NCc1cccc(OCC(=O)NC2CC2)c1)NCc1c(CC)noc1CC. The van der Waals surface area contributed by atoms with E-state index in [2.05, 4.69) is 39.9 Å². The van der Waals surface area contributed by atoms with E-state index in [9.17, 15) is 4.79 Å². The Balaban J connectivity index is 1.57. The first-order valence-electron chi connectivity index (χ1n) is 11.1. The van der Waals surface area contributed by atoms with Crippen molar-refractivity contribution in [3.63, 3.8) is 0 Å². The maximum atomic E-state index is 11.8. The minimum atomic E-state index is -0.0730. The summed E-state index contributed by atoms with van der Waals surface area (Å²) in [4.78, 5) is 16.5. The van der Waals surface area contributed by atoms with Crippen molar-refractivity contribution in [2.24, 2.45) is 4.99 Å². The first-order chi connectivity index (χ1) is 15.1. The smallest absolute Gasteiger partial charge is 0.258 e. The van der Waals surface area contributed by atoms with Crippen LogP contribution in [0.4, 0.5) is 0 Å². The molecule has 0 saturated heterocycles. The van der Waals surface area contributed by atoms with Crippen molar-refractivity contribution in [1.29, 1.82) is 0 Å². The van der Waals surface area contributed by atoms with Crippen LogP contribution >= 0.6 is 0 Å². The van der Waals surface area contributed by atoms with Crippen LogP contribution in [0.1, 0.15) is 56.2 Å². The maximum absolute atomic E-state index is 11.8. The second-order valence-electron chi connectivity index (χ2n) is 7.56. The van der Waals surface area contributed by atoms with Gasteiger partial charge >= 0.3 is 0 Å². The third-order valence-electron chi connectivity index (χ3n) is 5.01. The fraction of sp³-hybridized carbons (Fsp3) is 0.522. The van der Waals surface area contributed by atoms with Crippen LogP contribution in [-0.4, -0.2) is 36.2 Å². The standard InChI is InChI=1S/C23H33N5O3/c1-4-20-19(21(5-2)31-28-20)14-26-23(24-6-3)25-13-16-8-7-9-18(12-16)30-15-22(29)27-17-10-11-17/h7-9,12,17H,4-6,10-11,13-15H2,1-3H3,(H,27,29)(H2,24,25,26). The summed E-state index contributed by atoms with van der Waals surface area (Å²) in [7, 11) is 0. The average molecular weight is 428 g/mol. The second kappa shape index (κ2) is 11.4. The molecular weight excluding hydrogens is 394 g/mol. The molecule has 8 heteroatoms. The quantitative estimate of drug-likeness (QED) is 0.377. The monoisotopic (exact) mass is 427 g/mol. The number of aliphatic imine (C=N–C) groups is 1. The predicted molar refractivity (Wildman–Crippen MR) is 120 cm³/mol. The highest BCUT2D eigenvalue weighted by atomic mass is 16.5. The van der Waals surface area contributed by atoms with E-state index in [1.807, 2.05) is 31.2 Å². The van der Waals surface area contributed by atoms with Gasteiger partial charge in [-0.05, 0) is 43.9 Å². The summed E-state index contributed by atoms with van der Waals surface area (Å²) in [6.07, 6.45) is 3.78. The molecule has 1 aromatic heterocycles. The molecule has 0 aliphatic heterocycles. The number of nitrogens with zero attached hydrogens (tertiary/aromatic N) is 2. The minimum absolute atomic E-state index is 0.0334. The molecule has 0 spiro atoms. The summed E-state index contributed by atoms with van der Waals surface area (Å²) in [5.74, 6) is 2.23. The molecular formula is C23H33N5O3. The first kappa shape index (κ1) is 22.7. The van der Waals surface area contributed by atoms with Gasteiger partial charge < -0.3 is 25.2 Å². The minimum Gasteiger partial charge on any atom is -0.484 e. The number of amides is 1. The molecule has 0 atom stereocenters. The molecule has 168 valence electrons. The number of aryl methyl sites for hydroxylation is 2. The largest absolute Gasteiger partial charge is 0.484 e. The highest BCUT2D eigenvalue weighted by molar-refractivity contribution is 5.79. The molecule has 1 saturated carbocycles. The average Bonchev–Trinajstić information content (AvgIpc) is 3.50. The first-order valence-corrected chi connectivity index (χ1v) is 11.1. The molecule has 1 aliphatic carbocycles. The van der Waals surface area contributed by atoms with Crippen molar-refractivity contribution in [3.8, 4) is 5.75 Å². The Morgan fingerprint density at radius 1 is 1.23 bits per heavy atom. The summed E-state index contributed by atoms with van der Waals surface area (Å²) in [5.41, 5.74) is 3.09. The number of carbonyl (C=O) groups is 1. The zero-order chi connectivity index (χ0) is 22.1. The summed E-state index contributed by atoms with van der Waals surface area (Å²) in [5, 5.41) is 13.7. The van der Waals surface area contributed by atoms with E-state index >= 15 is 0 Å². The van der Waals surface area contributed by atoms with E-state index < -0.39 is 0 Å². The molecule has 2 aromatic rings. The number of rotatable bonds is 11. The van der Waals surface area contributed by atoms with Gasteiger partial charge in [-0.15, -0.1) is 0 Å². The van der Waals surface area contributed by atoms with Gasteiger partial charge in [-0.25, -0.2) is 4.99 Å². The van der Waals surface area contributed by atoms with Crippen molar-refractivity contribution in [2.75, 3.05) is 13.2 Å². The molecule has 8 nitrogen and oxygen atoms in total. The Morgan fingerprint density at radius 3 is 2.77 bits per heavy atom. The normalized spacial score (nSPS) is 13.7. The molecule has 1 aromatic carbocycles.